The first-order valence-electron chi connectivity index (χ1n) is 2.09. The molecule has 0 aromatic rings. The van der Waals surface area contributed by atoms with E-state index in [9.17, 15) is 0 Å². The van der Waals surface area contributed by atoms with E-state index in [1.54, 1.807) is 6.26 Å². The fourth-order valence-electron chi connectivity index (χ4n) is 0.192. The van der Waals surface area contributed by atoms with Crippen LogP contribution in [0.2, 0.25) is 6.04 Å². The first-order valence-corrected chi connectivity index (χ1v) is 4.32. The molecular weight excluding hydrogens is 108 g/mol. The molecule has 6 heavy (non-hydrogen) atoms. The molecule has 0 atom stereocenters. The van der Waals surface area contributed by atoms with E-state index in [1.165, 1.54) is 16.3 Å². The predicted molar refractivity (Wildman–Crippen MR) is 34.9 cm³/mol. The highest BCUT2D eigenvalue weighted by Gasteiger charge is 1.58. The van der Waals surface area contributed by atoms with Crippen LogP contribution in [0, 0.1) is 0 Å². The van der Waals surface area contributed by atoms with Crippen molar-refractivity contribution in [3.63, 3.8) is 0 Å². The molecule has 0 saturated carbocycles. The number of allylic oxidation sites excluding steroid dienone is 1. The molecule has 0 aromatic carbocycles. The topological polar surface area (TPSA) is 9.23 Å². The molecular formula is C3H10OSi2. The lowest BCUT2D eigenvalue weighted by Gasteiger charge is -1.81. The Morgan fingerprint density at radius 2 is 2.33 bits per heavy atom. The van der Waals surface area contributed by atoms with Crippen molar-refractivity contribution < 1.29 is 4.43 Å². The standard InChI is InChI=1S/C3H10OSi2/c5-3-1-2-4-6/h1-2H,3H2,5-6H3. The van der Waals surface area contributed by atoms with Gasteiger partial charge in [0.15, 0.2) is 0 Å². The molecule has 0 fully saturated rings. The molecule has 0 aliphatic rings. The molecule has 0 bridgehead atoms. The van der Waals surface area contributed by atoms with E-state index in [2.05, 4.69) is 6.08 Å². The van der Waals surface area contributed by atoms with Crippen LogP contribution in [-0.2, 0) is 4.43 Å². The zero-order valence-electron chi connectivity index (χ0n) is 4.27. The lowest BCUT2D eigenvalue weighted by molar-refractivity contribution is 0.534. The maximum Gasteiger partial charge on any atom is 0.203 e. The van der Waals surface area contributed by atoms with Gasteiger partial charge in [0.2, 0.25) is 10.5 Å². The smallest absolute Gasteiger partial charge is 0.203 e. The summed E-state index contributed by atoms with van der Waals surface area (Å²) in [6, 6.07) is 1.21. The monoisotopic (exact) mass is 118 g/mol. The molecule has 1 nitrogen and oxygen atoms in total. The minimum absolute atomic E-state index is 0.832. The molecule has 0 rings (SSSR count). The quantitative estimate of drug-likeness (QED) is 0.319. The Balaban J connectivity index is 2.73. The third-order valence-corrected chi connectivity index (χ3v) is 1.21. The van der Waals surface area contributed by atoms with Gasteiger partial charge in [-0.15, -0.1) is 0 Å². The van der Waals surface area contributed by atoms with Gasteiger partial charge >= 0.3 is 0 Å². The van der Waals surface area contributed by atoms with Gasteiger partial charge in [0.1, 0.15) is 0 Å². The average Bonchev–Trinajstić information content (AvgIpc) is 1.61. The van der Waals surface area contributed by atoms with Crippen molar-refractivity contribution in [3.05, 3.63) is 12.3 Å². The molecule has 0 spiro atoms. The highest BCUT2D eigenvalue weighted by molar-refractivity contribution is 6.09. The number of hydrogen-bond donors (Lipinski definition) is 0. The molecule has 0 radical (unpaired) electrons. The highest BCUT2D eigenvalue weighted by Crippen LogP contribution is 1.73. The Morgan fingerprint density at radius 1 is 1.67 bits per heavy atom. The lowest BCUT2D eigenvalue weighted by atomic mass is 10.7. The summed E-state index contributed by atoms with van der Waals surface area (Å²) in [5.74, 6) is 0. The Bertz CT molecular complexity index is 38.1. The maximum atomic E-state index is 4.76. The second-order valence-electron chi connectivity index (χ2n) is 1.02. The van der Waals surface area contributed by atoms with Gasteiger partial charge in [-0.1, -0.05) is 6.08 Å². The van der Waals surface area contributed by atoms with Gasteiger partial charge in [-0.2, -0.15) is 0 Å². The van der Waals surface area contributed by atoms with Crippen LogP contribution in [0.15, 0.2) is 12.3 Å². The van der Waals surface area contributed by atoms with E-state index >= 15 is 0 Å². The van der Waals surface area contributed by atoms with Crippen LogP contribution in [0.25, 0.3) is 0 Å². The van der Waals surface area contributed by atoms with Crippen molar-refractivity contribution in [1.82, 2.24) is 0 Å². The van der Waals surface area contributed by atoms with Gasteiger partial charge in [-0.25, -0.2) is 0 Å². The van der Waals surface area contributed by atoms with Gasteiger partial charge in [0.25, 0.3) is 0 Å². The van der Waals surface area contributed by atoms with E-state index in [1.807, 2.05) is 0 Å². The third-order valence-electron chi connectivity index (χ3n) is 0.468. The van der Waals surface area contributed by atoms with Crippen molar-refractivity contribution >= 4 is 20.7 Å². The second kappa shape index (κ2) is 4.97. The zero-order chi connectivity index (χ0) is 4.83. The highest BCUT2D eigenvalue weighted by atomic mass is 28.2. The molecule has 0 N–H and O–H groups in total. The summed E-state index contributed by atoms with van der Waals surface area (Å²) in [4.78, 5) is 0. The summed E-state index contributed by atoms with van der Waals surface area (Å²) >= 11 is 0. The zero-order valence-corrected chi connectivity index (χ0v) is 8.27. The molecule has 3 heteroatoms. The molecule has 0 saturated heterocycles. The summed E-state index contributed by atoms with van der Waals surface area (Å²) in [7, 11) is 2.08. The van der Waals surface area contributed by atoms with Crippen LogP contribution in [0.5, 0.6) is 0 Å². The Labute approximate surface area is 44.4 Å². The Kier molecular flexibility index (Phi) is 4.95. The number of hydrogen-bond acceptors (Lipinski definition) is 1. The summed E-state index contributed by atoms with van der Waals surface area (Å²) in [6.45, 7) is 0. The normalized spacial score (nSPS) is 10.7. The molecule has 0 amide bonds. The molecule has 0 aliphatic heterocycles. The minimum atomic E-state index is 0.832. The maximum absolute atomic E-state index is 4.76. The summed E-state index contributed by atoms with van der Waals surface area (Å²) in [6.07, 6.45) is 3.83. The van der Waals surface area contributed by atoms with Gasteiger partial charge < -0.3 is 4.43 Å². The molecule has 0 unspecified atom stereocenters. The predicted octanol–water partition coefficient (Wildman–Crippen LogP) is -1.42. The van der Waals surface area contributed by atoms with Crippen LogP contribution < -0.4 is 0 Å². The SMILES string of the molecule is [SiH3]CC=CO[SiH3]. The van der Waals surface area contributed by atoms with E-state index in [4.69, 9.17) is 4.43 Å². The van der Waals surface area contributed by atoms with Crippen LogP contribution in [0.3, 0.4) is 0 Å². The van der Waals surface area contributed by atoms with Gasteiger partial charge in [-0.3, -0.25) is 0 Å². The number of rotatable bonds is 2. The summed E-state index contributed by atoms with van der Waals surface area (Å²) < 4.78 is 4.76. The van der Waals surface area contributed by atoms with E-state index in [0.29, 0.717) is 0 Å². The molecule has 0 aliphatic carbocycles. The largest absolute Gasteiger partial charge is 0.559 e. The Hall–Kier alpha value is -0.0262. The van der Waals surface area contributed by atoms with Crippen LogP contribution in [0.1, 0.15) is 0 Å². The van der Waals surface area contributed by atoms with Crippen LogP contribution in [-0.4, -0.2) is 20.7 Å². The van der Waals surface area contributed by atoms with Crippen molar-refractivity contribution in [1.29, 1.82) is 0 Å². The van der Waals surface area contributed by atoms with Crippen molar-refractivity contribution in [2.75, 3.05) is 0 Å². The average molecular weight is 118 g/mol. The molecule has 36 valence electrons. The van der Waals surface area contributed by atoms with Crippen molar-refractivity contribution in [2.45, 2.75) is 6.04 Å². The van der Waals surface area contributed by atoms with Crippen molar-refractivity contribution in [2.24, 2.45) is 0 Å². The molecule has 0 heterocycles. The van der Waals surface area contributed by atoms with Crippen LogP contribution >= 0.6 is 0 Å². The van der Waals surface area contributed by atoms with E-state index in [-0.39, 0.29) is 0 Å². The second-order valence-corrected chi connectivity index (χ2v) is 2.30. The van der Waals surface area contributed by atoms with Gasteiger partial charge in [0.05, 0.1) is 6.26 Å². The summed E-state index contributed by atoms with van der Waals surface area (Å²) in [5, 5.41) is 0. The first-order chi connectivity index (χ1) is 2.91. The van der Waals surface area contributed by atoms with E-state index in [0.717, 1.165) is 10.5 Å². The fraction of sp³-hybridized carbons (Fsp3) is 0.333. The van der Waals surface area contributed by atoms with Crippen molar-refractivity contribution in [3.8, 4) is 0 Å². The lowest BCUT2D eigenvalue weighted by Crippen LogP contribution is -1.65. The third kappa shape index (κ3) is 3.97. The van der Waals surface area contributed by atoms with Gasteiger partial charge in [-0.05, 0) is 6.04 Å². The minimum Gasteiger partial charge on any atom is -0.559 e. The van der Waals surface area contributed by atoms with E-state index < -0.39 is 0 Å². The fourth-order valence-corrected chi connectivity index (χ4v) is 0.577. The van der Waals surface area contributed by atoms with Crippen LogP contribution in [0.4, 0.5) is 0 Å². The molecule has 0 aromatic heterocycles. The Morgan fingerprint density at radius 3 is 2.50 bits per heavy atom. The first kappa shape index (κ1) is 5.97. The summed E-state index contributed by atoms with van der Waals surface area (Å²) in [5.41, 5.74) is 0. The van der Waals surface area contributed by atoms with Gasteiger partial charge in [0, 0.05) is 10.2 Å².